The van der Waals surface area contributed by atoms with Crippen molar-refractivity contribution in [2.24, 2.45) is 0 Å². The van der Waals surface area contributed by atoms with Crippen molar-refractivity contribution in [1.82, 2.24) is 10.2 Å². The summed E-state index contributed by atoms with van der Waals surface area (Å²) in [6, 6.07) is 1.06. The van der Waals surface area contributed by atoms with Crippen molar-refractivity contribution in [3.63, 3.8) is 0 Å². The number of nitrogens with one attached hydrogen (secondary N) is 1. The van der Waals surface area contributed by atoms with Crippen molar-refractivity contribution in [2.75, 3.05) is 19.7 Å². The van der Waals surface area contributed by atoms with Gasteiger partial charge in [-0.15, -0.1) is 0 Å². The molecule has 0 aliphatic heterocycles. The van der Waals surface area contributed by atoms with Crippen LogP contribution >= 0.6 is 0 Å². The zero-order valence-corrected chi connectivity index (χ0v) is 12.6. The van der Waals surface area contributed by atoms with Crippen molar-refractivity contribution < 1.29 is 9.53 Å². The van der Waals surface area contributed by atoms with E-state index in [4.69, 9.17) is 4.74 Å². The highest BCUT2D eigenvalue weighted by Gasteiger charge is 2.49. The lowest BCUT2D eigenvalue weighted by Gasteiger charge is -2.31. The van der Waals surface area contributed by atoms with Gasteiger partial charge in [-0.25, -0.2) is 0 Å². The molecule has 2 rings (SSSR count). The van der Waals surface area contributed by atoms with Gasteiger partial charge in [0.25, 0.3) is 0 Å². The smallest absolute Gasteiger partial charge is 0.326 e. The summed E-state index contributed by atoms with van der Waals surface area (Å²) in [5.41, 5.74) is -0.412. The summed E-state index contributed by atoms with van der Waals surface area (Å²) >= 11 is 0. The molecule has 0 aromatic rings. The predicted molar refractivity (Wildman–Crippen MR) is 76.1 cm³/mol. The molecule has 4 heteroatoms. The summed E-state index contributed by atoms with van der Waals surface area (Å²) in [5, 5.41) is 3.58. The summed E-state index contributed by atoms with van der Waals surface area (Å²) in [5.74, 6) is -0.0310. The summed E-state index contributed by atoms with van der Waals surface area (Å²) in [6.45, 7) is 8.87. The first-order chi connectivity index (χ1) is 9.15. The average Bonchev–Trinajstić information content (AvgIpc) is 3.10. The Labute approximate surface area is 116 Å². The van der Waals surface area contributed by atoms with Crippen LogP contribution in [-0.2, 0) is 9.53 Å². The second-order valence-corrected chi connectivity index (χ2v) is 5.84. The Morgan fingerprint density at radius 3 is 2.47 bits per heavy atom. The van der Waals surface area contributed by atoms with E-state index in [1.54, 1.807) is 0 Å². The van der Waals surface area contributed by atoms with Crippen LogP contribution in [0.5, 0.6) is 0 Å². The Bertz CT molecular complexity index is 313. The number of hydrogen-bond donors (Lipinski definition) is 1. The van der Waals surface area contributed by atoms with Crippen LogP contribution in [0.3, 0.4) is 0 Å². The predicted octanol–water partition coefficient (Wildman–Crippen LogP) is 1.93. The zero-order chi connectivity index (χ0) is 13.9. The molecule has 0 aromatic carbocycles. The van der Waals surface area contributed by atoms with E-state index in [0.717, 1.165) is 32.4 Å². The number of ether oxygens (including phenoxy) is 1. The third kappa shape index (κ3) is 3.29. The second-order valence-electron chi connectivity index (χ2n) is 5.84. The molecule has 2 saturated carbocycles. The first-order valence-electron chi connectivity index (χ1n) is 7.84. The van der Waals surface area contributed by atoms with E-state index >= 15 is 0 Å². The van der Waals surface area contributed by atoms with E-state index in [0.29, 0.717) is 18.7 Å². The maximum atomic E-state index is 12.4. The summed E-state index contributed by atoms with van der Waals surface area (Å²) < 4.78 is 5.33. The van der Waals surface area contributed by atoms with Crippen LogP contribution in [0.25, 0.3) is 0 Å². The molecule has 4 nitrogen and oxygen atoms in total. The van der Waals surface area contributed by atoms with Crippen LogP contribution in [0, 0.1) is 0 Å². The minimum absolute atomic E-state index is 0.0310. The van der Waals surface area contributed by atoms with Crippen molar-refractivity contribution >= 4 is 5.97 Å². The number of carbonyl (C=O) groups is 1. The van der Waals surface area contributed by atoms with E-state index in [-0.39, 0.29) is 5.97 Å². The third-order valence-corrected chi connectivity index (χ3v) is 4.54. The topological polar surface area (TPSA) is 41.6 Å². The molecule has 1 N–H and O–H groups in total. The Kier molecular flexibility index (Phi) is 4.85. The first kappa shape index (κ1) is 14.8. The van der Waals surface area contributed by atoms with Crippen molar-refractivity contribution in [1.29, 1.82) is 0 Å². The van der Waals surface area contributed by atoms with Crippen LogP contribution < -0.4 is 5.32 Å². The SMILES string of the molecule is CCOC(=O)C1(NC2CC2)CCC(N(CC)CC)C1. The van der Waals surface area contributed by atoms with Gasteiger partial charge in [-0.05, 0) is 52.1 Å². The van der Waals surface area contributed by atoms with Gasteiger partial charge in [-0.3, -0.25) is 10.1 Å². The van der Waals surface area contributed by atoms with Gasteiger partial charge in [0.05, 0.1) is 6.61 Å². The van der Waals surface area contributed by atoms with Gasteiger partial charge in [0.1, 0.15) is 5.54 Å². The molecule has 0 bridgehead atoms. The Balaban J connectivity index is 2.05. The van der Waals surface area contributed by atoms with Crippen LogP contribution in [0.1, 0.15) is 52.9 Å². The standard InChI is InChI=1S/C15H28N2O2/c1-4-17(5-2)13-9-10-15(11-13,14(18)19-6-3)16-12-7-8-12/h12-13,16H,4-11H2,1-3H3. The normalized spacial score (nSPS) is 30.8. The lowest BCUT2D eigenvalue weighted by atomic mass is 9.96. The highest BCUT2D eigenvalue weighted by Crippen LogP contribution is 2.37. The number of hydrogen-bond acceptors (Lipinski definition) is 4. The molecule has 0 aromatic heterocycles. The zero-order valence-electron chi connectivity index (χ0n) is 12.6. The highest BCUT2D eigenvalue weighted by atomic mass is 16.5. The maximum Gasteiger partial charge on any atom is 0.326 e. The molecule has 2 atom stereocenters. The Hall–Kier alpha value is -0.610. The summed E-state index contributed by atoms with van der Waals surface area (Å²) in [4.78, 5) is 14.8. The Morgan fingerprint density at radius 2 is 1.95 bits per heavy atom. The molecule has 0 radical (unpaired) electrons. The van der Waals surface area contributed by atoms with Gasteiger partial charge < -0.3 is 9.64 Å². The van der Waals surface area contributed by atoms with E-state index in [1.807, 2.05) is 6.92 Å². The number of rotatable bonds is 7. The van der Waals surface area contributed by atoms with Gasteiger partial charge in [-0.1, -0.05) is 13.8 Å². The van der Waals surface area contributed by atoms with E-state index < -0.39 is 5.54 Å². The van der Waals surface area contributed by atoms with E-state index in [1.165, 1.54) is 12.8 Å². The fraction of sp³-hybridized carbons (Fsp3) is 0.933. The van der Waals surface area contributed by atoms with Gasteiger partial charge >= 0.3 is 5.97 Å². The monoisotopic (exact) mass is 268 g/mol. The van der Waals surface area contributed by atoms with Crippen LogP contribution in [0.4, 0.5) is 0 Å². The lowest BCUT2D eigenvalue weighted by molar-refractivity contribution is -0.151. The largest absolute Gasteiger partial charge is 0.465 e. The van der Waals surface area contributed by atoms with Gasteiger partial charge in [0, 0.05) is 12.1 Å². The maximum absolute atomic E-state index is 12.4. The number of nitrogens with zero attached hydrogens (tertiary/aromatic N) is 1. The van der Waals surface area contributed by atoms with Crippen LogP contribution in [0.15, 0.2) is 0 Å². The average molecular weight is 268 g/mol. The molecule has 0 heterocycles. The minimum Gasteiger partial charge on any atom is -0.465 e. The number of esters is 1. The lowest BCUT2D eigenvalue weighted by Crippen LogP contribution is -2.53. The molecule has 19 heavy (non-hydrogen) atoms. The fourth-order valence-electron chi connectivity index (χ4n) is 3.33. The Morgan fingerprint density at radius 1 is 1.26 bits per heavy atom. The molecule has 0 saturated heterocycles. The van der Waals surface area contributed by atoms with E-state index in [9.17, 15) is 4.79 Å². The molecule has 2 aliphatic rings. The molecule has 2 fully saturated rings. The second kappa shape index (κ2) is 6.23. The number of carbonyl (C=O) groups excluding carboxylic acids is 1. The van der Waals surface area contributed by atoms with Gasteiger partial charge in [-0.2, -0.15) is 0 Å². The van der Waals surface area contributed by atoms with Gasteiger partial charge in [0.2, 0.25) is 0 Å². The fourth-order valence-corrected chi connectivity index (χ4v) is 3.33. The van der Waals surface area contributed by atoms with Gasteiger partial charge in [0.15, 0.2) is 0 Å². The van der Waals surface area contributed by atoms with E-state index in [2.05, 4.69) is 24.1 Å². The van der Waals surface area contributed by atoms with Crippen molar-refractivity contribution in [3.05, 3.63) is 0 Å². The van der Waals surface area contributed by atoms with Crippen LogP contribution in [0.2, 0.25) is 0 Å². The molecule has 0 amide bonds. The van der Waals surface area contributed by atoms with Crippen molar-refractivity contribution in [2.45, 2.75) is 70.5 Å². The van der Waals surface area contributed by atoms with Crippen LogP contribution in [-0.4, -0.2) is 48.2 Å². The first-order valence-corrected chi connectivity index (χ1v) is 7.84. The molecular weight excluding hydrogens is 240 g/mol. The quantitative estimate of drug-likeness (QED) is 0.716. The highest BCUT2D eigenvalue weighted by molar-refractivity contribution is 5.81. The third-order valence-electron chi connectivity index (χ3n) is 4.54. The molecule has 0 spiro atoms. The summed E-state index contributed by atoms with van der Waals surface area (Å²) in [7, 11) is 0. The molecule has 2 unspecified atom stereocenters. The molecule has 2 aliphatic carbocycles. The minimum atomic E-state index is -0.412. The summed E-state index contributed by atoms with van der Waals surface area (Å²) in [6.07, 6.45) is 5.34. The van der Waals surface area contributed by atoms with Crippen molar-refractivity contribution in [3.8, 4) is 0 Å². The molecule has 110 valence electrons. The molecular formula is C15H28N2O2.